The third-order valence-electron chi connectivity index (χ3n) is 4.78. The van der Waals surface area contributed by atoms with Crippen LogP contribution in [0.3, 0.4) is 0 Å². The number of aromatic nitrogens is 4. The Hall–Kier alpha value is -3.50. The van der Waals surface area contributed by atoms with E-state index >= 15 is 0 Å². The minimum absolute atomic E-state index is 0.118. The second-order valence-corrected chi connectivity index (χ2v) is 9.04. The summed E-state index contributed by atoms with van der Waals surface area (Å²) in [5, 5.41) is 13.4. The molecule has 172 valence electrons. The summed E-state index contributed by atoms with van der Waals surface area (Å²) in [4.78, 5) is 16.5. The highest BCUT2D eigenvalue weighted by molar-refractivity contribution is 9.10. The first-order chi connectivity index (χ1) is 16.5. The lowest BCUT2D eigenvalue weighted by Gasteiger charge is -2.10. The minimum atomic E-state index is -0.265. The first kappa shape index (κ1) is 23.7. The van der Waals surface area contributed by atoms with Crippen molar-refractivity contribution in [2.24, 2.45) is 5.10 Å². The third kappa shape index (κ3) is 5.70. The summed E-state index contributed by atoms with van der Waals surface area (Å²) in [6.45, 7) is 2.03. The second-order valence-electron chi connectivity index (χ2n) is 7.18. The normalized spacial score (nSPS) is 11.0. The molecule has 0 unspecified atom stereocenters. The van der Waals surface area contributed by atoms with Gasteiger partial charge in [0.1, 0.15) is 5.75 Å². The number of nitrogens with zero attached hydrogens (tertiary/aromatic N) is 5. The maximum absolute atomic E-state index is 12.4. The smallest absolute Gasteiger partial charge is 0.250 e. The van der Waals surface area contributed by atoms with E-state index in [0.29, 0.717) is 16.7 Å². The molecule has 0 spiro atoms. The van der Waals surface area contributed by atoms with Gasteiger partial charge in [-0.25, -0.2) is 5.43 Å². The zero-order valence-electron chi connectivity index (χ0n) is 18.5. The topological polar surface area (TPSA) is 94.3 Å². The molecule has 0 atom stereocenters. The predicted octanol–water partition coefficient (Wildman–Crippen LogP) is 4.65. The zero-order valence-corrected chi connectivity index (χ0v) is 20.9. The van der Waals surface area contributed by atoms with Crippen LogP contribution in [0.1, 0.15) is 11.1 Å². The standard InChI is InChI=1S/C24H21BrN6O2S/c1-16-3-6-20(7-4-16)31-23(17-9-11-26-12-10-17)29-30-24(31)34-15-22(32)28-27-14-18-13-19(25)5-8-21(18)33-2/h3-14H,15H2,1-2H3,(H,28,32). The van der Waals surface area contributed by atoms with E-state index in [2.05, 4.69) is 41.6 Å². The Labute approximate surface area is 209 Å². The maximum Gasteiger partial charge on any atom is 0.250 e. The molecule has 4 aromatic rings. The van der Waals surface area contributed by atoms with Crippen LogP contribution in [0.4, 0.5) is 0 Å². The van der Waals surface area contributed by atoms with E-state index < -0.39 is 0 Å². The Morgan fingerprint density at radius 1 is 1.15 bits per heavy atom. The van der Waals surface area contributed by atoms with E-state index in [1.54, 1.807) is 25.7 Å². The SMILES string of the molecule is COc1ccc(Br)cc1C=NNC(=O)CSc1nnc(-c2ccncc2)n1-c1ccc(C)cc1. The van der Waals surface area contributed by atoms with E-state index in [9.17, 15) is 4.79 Å². The van der Waals surface area contributed by atoms with Crippen molar-refractivity contribution < 1.29 is 9.53 Å². The van der Waals surface area contributed by atoms with Gasteiger partial charge in [0.15, 0.2) is 11.0 Å². The van der Waals surface area contributed by atoms with Gasteiger partial charge in [-0.05, 0) is 49.4 Å². The largest absolute Gasteiger partial charge is 0.496 e. The monoisotopic (exact) mass is 536 g/mol. The van der Waals surface area contributed by atoms with Crippen molar-refractivity contribution in [3.8, 4) is 22.8 Å². The van der Waals surface area contributed by atoms with Crippen molar-refractivity contribution in [3.05, 3.63) is 82.6 Å². The average Bonchev–Trinajstić information content (AvgIpc) is 3.28. The van der Waals surface area contributed by atoms with Crippen LogP contribution in [0, 0.1) is 6.92 Å². The van der Waals surface area contributed by atoms with Gasteiger partial charge in [-0.1, -0.05) is 45.4 Å². The molecule has 0 aliphatic heterocycles. The van der Waals surface area contributed by atoms with Crippen LogP contribution in [0.25, 0.3) is 17.1 Å². The van der Waals surface area contributed by atoms with Crippen LogP contribution in [-0.2, 0) is 4.79 Å². The minimum Gasteiger partial charge on any atom is -0.496 e. The van der Waals surface area contributed by atoms with Crippen LogP contribution >= 0.6 is 27.7 Å². The molecule has 2 heterocycles. The molecule has 0 bridgehead atoms. The highest BCUT2D eigenvalue weighted by atomic mass is 79.9. The van der Waals surface area contributed by atoms with Crippen LogP contribution in [0.2, 0.25) is 0 Å². The fourth-order valence-corrected chi connectivity index (χ4v) is 4.24. The van der Waals surface area contributed by atoms with E-state index in [-0.39, 0.29) is 11.7 Å². The fourth-order valence-electron chi connectivity index (χ4n) is 3.12. The highest BCUT2D eigenvalue weighted by Crippen LogP contribution is 2.28. The van der Waals surface area contributed by atoms with E-state index in [1.807, 2.05) is 66.1 Å². The second kappa shape index (κ2) is 11.1. The fraction of sp³-hybridized carbons (Fsp3) is 0.125. The summed E-state index contributed by atoms with van der Waals surface area (Å²) in [5.74, 6) is 1.19. The van der Waals surface area contributed by atoms with Gasteiger partial charge in [0.25, 0.3) is 5.91 Å². The number of halogens is 1. The molecule has 0 radical (unpaired) electrons. The molecule has 0 saturated heterocycles. The number of benzene rings is 2. The summed E-state index contributed by atoms with van der Waals surface area (Å²) in [7, 11) is 1.58. The average molecular weight is 537 g/mol. The van der Waals surface area contributed by atoms with Gasteiger partial charge >= 0.3 is 0 Å². The molecule has 2 aromatic carbocycles. The number of nitrogens with one attached hydrogen (secondary N) is 1. The number of hydrogen-bond acceptors (Lipinski definition) is 7. The number of rotatable bonds is 8. The van der Waals surface area contributed by atoms with E-state index in [1.165, 1.54) is 11.8 Å². The first-order valence-electron chi connectivity index (χ1n) is 10.3. The molecule has 34 heavy (non-hydrogen) atoms. The molecule has 4 rings (SSSR count). The van der Waals surface area contributed by atoms with Crippen molar-refractivity contribution >= 4 is 39.8 Å². The summed E-state index contributed by atoms with van der Waals surface area (Å²) < 4.78 is 8.13. The lowest BCUT2D eigenvalue weighted by molar-refractivity contribution is -0.118. The number of methoxy groups -OCH3 is 1. The molecule has 0 aliphatic rings. The molecule has 0 saturated carbocycles. The van der Waals surface area contributed by atoms with E-state index in [4.69, 9.17) is 4.74 Å². The molecule has 8 nitrogen and oxygen atoms in total. The quantitative estimate of drug-likeness (QED) is 0.200. The number of hydrogen-bond donors (Lipinski definition) is 1. The van der Waals surface area contributed by atoms with Gasteiger partial charge in [0.05, 0.1) is 19.1 Å². The Morgan fingerprint density at radius 3 is 2.65 bits per heavy atom. The number of carbonyl (C=O) groups excluding carboxylic acids is 1. The number of pyridine rings is 1. The lowest BCUT2D eigenvalue weighted by Crippen LogP contribution is -2.20. The number of amides is 1. The van der Waals surface area contributed by atoms with Crippen molar-refractivity contribution in [2.75, 3.05) is 12.9 Å². The number of carbonyl (C=O) groups is 1. The van der Waals surface area contributed by atoms with E-state index in [0.717, 1.165) is 26.9 Å². The maximum atomic E-state index is 12.4. The predicted molar refractivity (Wildman–Crippen MR) is 136 cm³/mol. The third-order valence-corrected chi connectivity index (χ3v) is 6.20. The Balaban J connectivity index is 1.50. The Kier molecular flexibility index (Phi) is 7.71. The molecule has 0 aliphatic carbocycles. The van der Waals surface area contributed by atoms with Gasteiger partial charge in [-0.2, -0.15) is 5.10 Å². The first-order valence-corrected chi connectivity index (χ1v) is 12.0. The number of ether oxygens (including phenoxy) is 1. The van der Waals surface area contributed by atoms with Gasteiger partial charge < -0.3 is 4.74 Å². The molecule has 2 aromatic heterocycles. The van der Waals surface area contributed by atoms with Gasteiger partial charge in [-0.15, -0.1) is 10.2 Å². The lowest BCUT2D eigenvalue weighted by atomic mass is 10.2. The number of aryl methyl sites for hydroxylation is 1. The molecule has 1 N–H and O–H groups in total. The molecule has 1 amide bonds. The van der Waals surface area contributed by atoms with Crippen LogP contribution < -0.4 is 10.2 Å². The highest BCUT2D eigenvalue weighted by Gasteiger charge is 2.17. The Bertz CT molecular complexity index is 1310. The van der Waals surface area contributed by atoms with Gasteiger partial charge in [-0.3, -0.25) is 14.3 Å². The van der Waals surface area contributed by atoms with Crippen LogP contribution in [-0.4, -0.2) is 44.7 Å². The molecule has 10 heteroatoms. The summed E-state index contributed by atoms with van der Waals surface area (Å²) in [5.41, 5.74) is 6.23. The number of hydrazone groups is 1. The summed E-state index contributed by atoms with van der Waals surface area (Å²) in [6.07, 6.45) is 4.96. The molecule has 0 fully saturated rings. The van der Waals surface area contributed by atoms with Crippen molar-refractivity contribution in [1.29, 1.82) is 0 Å². The summed E-state index contributed by atoms with van der Waals surface area (Å²) >= 11 is 4.70. The van der Waals surface area contributed by atoms with Gasteiger partial charge in [0, 0.05) is 33.7 Å². The number of thioether (sulfide) groups is 1. The van der Waals surface area contributed by atoms with Crippen LogP contribution in [0.5, 0.6) is 5.75 Å². The molecular formula is C24H21BrN6O2S. The van der Waals surface area contributed by atoms with Gasteiger partial charge in [0.2, 0.25) is 0 Å². The van der Waals surface area contributed by atoms with Crippen molar-refractivity contribution in [2.45, 2.75) is 12.1 Å². The zero-order chi connectivity index (χ0) is 23.9. The molecular weight excluding hydrogens is 516 g/mol. The summed E-state index contributed by atoms with van der Waals surface area (Å²) in [6, 6.07) is 17.4. The van der Waals surface area contributed by atoms with Crippen molar-refractivity contribution in [3.63, 3.8) is 0 Å². The Morgan fingerprint density at radius 2 is 1.91 bits per heavy atom. The van der Waals surface area contributed by atoms with Crippen LogP contribution in [0.15, 0.2) is 81.7 Å². The van der Waals surface area contributed by atoms with Crippen molar-refractivity contribution in [1.82, 2.24) is 25.2 Å².